The highest BCUT2D eigenvalue weighted by atomic mass is 15.3. The summed E-state index contributed by atoms with van der Waals surface area (Å²) >= 11 is 0. The van der Waals surface area contributed by atoms with Gasteiger partial charge in [0.15, 0.2) is 0 Å². The van der Waals surface area contributed by atoms with Crippen LogP contribution in [-0.2, 0) is 6.54 Å². The molecule has 0 radical (unpaired) electrons. The standard InChI is InChI=1S/C9H10N4/c10-5-8-3-1-2-4-9(8)13-7-11-6-12-13/h1-4,6-7H,5,10H2. The zero-order valence-corrected chi connectivity index (χ0v) is 7.09. The third kappa shape index (κ3) is 1.43. The zero-order valence-electron chi connectivity index (χ0n) is 7.09. The Kier molecular flexibility index (Phi) is 2.06. The van der Waals surface area contributed by atoms with E-state index in [0.717, 1.165) is 11.3 Å². The molecule has 0 unspecified atom stereocenters. The van der Waals surface area contributed by atoms with E-state index in [1.807, 2.05) is 24.3 Å². The molecule has 0 bridgehead atoms. The maximum Gasteiger partial charge on any atom is 0.138 e. The first-order valence-corrected chi connectivity index (χ1v) is 4.05. The molecule has 4 nitrogen and oxygen atoms in total. The molecular weight excluding hydrogens is 164 g/mol. The third-order valence-electron chi connectivity index (χ3n) is 1.88. The number of hydrogen-bond acceptors (Lipinski definition) is 3. The van der Waals surface area contributed by atoms with E-state index in [1.165, 1.54) is 6.33 Å². The third-order valence-corrected chi connectivity index (χ3v) is 1.88. The number of para-hydroxylation sites is 1. The first-order chi connectivity index (χ1) is 6.42. The monoisotopic (exact) mass is 174 g/mol. The molecule has 0 saturated heterocycles. The fourth-order valence-corrected chi connectivity index (χ4v) is 1.24. The Bertz CT molecular complexity index is 380. The predicted octanol–water partition coefficient (Wildman–Crippen LogP) is 0.726. The first kappa shape index (κ1) is 7.94. The highest BCUT2D eigenvalue weighted by Gasteiger charge is 2.01. The van der Waals surface area contributed by atoms with Gasteiger partial charge in [0.2, 0.25) is 0 Å². The molecule has 0 atom stereocenters. The van der Waals surface area contributed by atoms with E-state index < -0.39 is 0 Å². The lowest BCUT2D eigenvalue weighted by molar-refractivity contribution is 0.857. The number of rotatable bonds is 2. The number of nitrogens with two attached hydrogens (primary N) is 1. The van der Waals surface area contributed by atoms with Gasteiger partial charge in [-0.2, -0.15) is 5.10 Å². The maximum atomic E-state index is 5.60. The number of hydrogen-bond donors (Lipinski definition) is 1. The molecule has 13 heavy (non-hydrogen) atoms. The van der Waals surface area contributed by atoms with Crippen LogP contribution in [0.3, 0.4) is 0 Å². The van der Waals surface area contributed by atoms with Crippen molar-refractivity contribution in [3.8, 4) is 5.69 Å². The van der Waals surface area contributed by atoms with E-state index in [0.29, 0.717) is 6.54 Å². The van der Waals surface area contributed by atoms with Crippen molar-refractivity contribution in [1.82, 2.24) is 14.8 Å². The molecule has 1 aromatic carbocycles. The second-order valence-corrected chi connectivity index (χ2v) is 2.67. The normalized spacial score (nSPS) is 10.2. The van der Waals surface area contributed by atoms with Gasteiger partial charge in [0, 0.05) is 6.54 Å². The quantitative estimate of drug-likeness (QED) is 0.730. The van der Waals surface area contributed by atoms with Gasteiger partial charge in [0.25, 0.3) is 0 Å². The van der Waals surface area contributed by atoms with Crippen molar-refractivity contribution in [2.45, 2.75) is 6.54 Å². The van der Waals surface area contributed by atoms with Crippen LogP contribution in [0, 0.1) is 0 Å². The smallest absolute Gasteiger partial charge is 0.138 e. The Balaban J connectivity index is 2.51. The van der Waals surface area contributed by atoms with Crippen LogP contribution in [-0.4, -0.2) is 14.8 Å². The van der Waals surface area contributed by atoms with E-state index >= 15 is 0 Å². The predicted molar refractivity (Wildman–Crippen MR) is 49.3 cm³/mol. The summed E-state index contributed by atoms with van der Waals surface area (Å²) in [6, 6.07) is 7.87. The molecule has 2 rings (SSSR count). The van der Waals surface area contributed by atoms with Crippen molar-refractivity contribution in [1.29, 1.82) is 0 Å². The molecule has 0 aliphatic rings. The fraction of sp³-hybridized carbons (Fsp3) is 0.111. The van der Waals surface area contributed by atoms with Crippen molar-refractivity contribution in [2.24, 2.45) is 5.73 Å². The summed E-state index contributed by atoms with van der Waals surface area (Å²) in [5.74, 6) is 0. The average molecular weight is 174 g/mol. The van der Waals surface area contributed by atoms with Gasteiger partial charge in [-0.15, -0.1) is 0 Å². The SMILES string of the molecule is NCc1ccccc1-n1cncn1. The molecule has 2 aromatic rings. The lowest BCUT2D eigenvalue weighted by Gasteiger charge is -2.05. The van der Waals surface area contributed by atoms with Gasteiger partial charge in [-0.05, 0) is 11.6 Å². The second-order valence-electron chi connectivity index (χ2n) is 2.67. The van der Waals surface area contributed by atoms with Gasteiger partial charge in [0.05, 0.1) is 5.69 Å². The Morgan fingerprint density at radius 2 is 2.15 bits per heavy atom. The minimum absolute atomic E-state index is 0.510. The fourth-order valence-electron chi connectivity index (χ4n) is 1.24. The summed E-state index contributed by atoms with van der Waals surface area (Å²) in [6.07, 6.45) is 3.17. The lowest BCUT2D eigenvalue weighted by atomic mass is 10.2. The van der Waals surface area contributed by atoms with E-state index in [2.05, 4.69) is 10.1 Å². The van der Waals surface area contributed by atoms with E-state index in [-0.39, 0.29) is 0 Å². The van der Waals surface area contributed by atoms with Crippen molar-refractivity contribution in [2.75, 3.05) is 0 Å². The van der Waals surface area contributed by atoms with Gasteiger partial charge in [-0.25, -0.2) is 9.67 Å². The summed E-state index contributed by atoms with van der Waals surface area (Å²) < 4.78 is 1.71. The molecule has 1 aromatic heterocycles. The Morgan fingerprint density at radius 3 is 2.85 bits per heavy atom. The summed E-state index contributed by atoms with van der Waals surface area (Å²) in [5.41, 5.74) is 7.65. The van der Waals surface area contributed by atoms with Crippen LogP contribution >= 0.6 is 0 Å². The average Bonchev–Trinajstić information content (AvgIpc) is 2.70. The molecule has 0 fully saturated rings. The summed E-state index contributed by atoms with van der Waals surface area (Å²) in [4.78, 5) is 3.88. The van der Waals surface area contributed by atoms with Crippen LogP contribution in [0.5, 0.6) is 0 Å². The van der Waals surface area contributed by atoms with Gasteiger partial charge in [-0.1, -0.05) is 18.2 Å². The van der Waals surface area contributed by atoms with Crippen LogP contribution in [0.1, 0.15) is 5.56 Å². The van der Waals surface area contributed by atoms with Gasteiger partial charge >= 0.3 is 0 Å². The van der Waals surface area contributed by atoms with Crippen LogP contribution in [0.2, 0.25) is 0 Å². The lowest BCUT2D eigenvalue weighted by Crippen LogP contribution is -2.04. The van der Waals surface area contributed by atoms with Gasteiger partial charge < -0.3 is 5.73 Å². The van der Waals surface area contributed by atoms with Crippen LogP contribution in [0.15, 0.2) is 36.9 Å². The molecule has 0 saturated carbocycles. The summed E-state index contributed by atoms with van der Waals surface area (Å²) in [5, 5.41) is 4.05. The van der Waals surface area contributed by atoms with Gasteiger partial charge in [-0.3, -0.25) is 0 Å². The van der Waals surface area contributed by atoms with E-state index in [4.69, 9.17) is 5.73 Å². The highest BCUT2D eigenvalue weighted by Crippen LogP contribution is 2.11. The van der Waals surface area contributed by atoms with Gasteiger partial charge in [0.1, 0.15) is 12.7 Å². The zero-order chi connectivity index (χ0) is 9.10. The van der Waals surface area contributed by atoms with Crippen molar-refractivity contribution < 1.29 is 0 Å². The molecule has 4 heteroatoms. The topological polar surface area (TPSA) is 56.7 Å². The molecule has 0 spiro atoms. The molecule has 0 amide bonds. The van der Waals surface area contributed by atoms with Crippen molar-refractivity contribution in [3.63, 3.8) is 0 Å². The van der Waals surface area contributed by atoms with E-state index in [9.17, 15) is 0 Å². The number of aromatic nitrogens is 3. The minimum atomic E-state index is 0.510. The Morgan fingerprint density at radius 1 is 1.31 bits per heavy atom. The number of benzene rings is 1. The molecule has 66 valence electrons. The maximum absolute atomic E-state index is 5.60. The van der Waals surface area contributed by atoms with Crippen LogP contribution in [0.4, 0.5) is 0 Å². The van der Waals surface area contributed by atoms with Crippen molar-refractivity contribution in [3.05, 3.63) is 42.5 Å². The summed E-state index contributed by atoms with van der Waals surface area (Å²) in [7, 11) is 0. The van der Waals surface area contributed by atoms with Crippen molar-refractivity contribution >= 4 is 0 Å². The molecule has 1 heterocycles. The molecule has 2 N–H and O–H groups in total. The summed E-state index contributed by atoms with van der Waals surface area (Å²) in [6.45, 7) is 0.510. The Hall–Kier alpha value is -1.68. The largest absolute Gasteiger partial charge is 0.326 e. The highest BCUT2D eigenvalue weighted by molar-refractivity contribution is 5.39. The molecule has 0 aliphatic heterocycles. The Labute approximate surface area is 76.0 Å². The van der Waals surface area contributed by atoms with Crippen LogP contribution in [0.25, 0.3) is 5.69 Å². The molecule has 0 aliphatic carbocycles. The molecular formula is C9H10N4. The van der Waals surface area contributed by atoms with Crippen LogP contribution < -0.4 is 5.73 Å². The first-order valence-electron chi connectivity index (χ1n) is 4.05. The minimum Gasteiger partial charge on any atom is -0.326 e. The number of nitrogens with zero attached hydrogens (tertiary/aromatic N) is 3. The van der Waals surface area contributed by atoms with E-state index in [1.54, 1.807) is 11.0 Å². The second kappa shape index (κ2) is 3.37.